The van der Waals surface area contributed by atoms with E-state index in [1.807, 2.05) is 12.1 Å². The summed E-state index contributed by atoms with van der Waals surface area (Å²) in [5, 5.41) is 0. The lowest BCUT2D eigenvalue weighted by Crippen LogP contribution is -2.23. The maximum absolute atomic E-state index is 14.0. The highest BCUT2D eigenvalue weighted by atomic mass is 19.3. The molecule has 0 radical (unpaired) electrons. The summed E-state index contributed by atoms with van der Waals surface area (Å²) in [7, 11) is 0. The van der Waals surface area contributed by atoms with E-state index in [1.165, 1.54) is 12.1 Å². The van der Waals surface area contributed by atoms with Crippen molar-refractivity contribution in [3.05, 3.63) is 65.2 Å². The average molecular weight is 289 g/mol. The lowest BCUT2D eigenvalue weighted by molar-refractivity contribution is -0.0467. The predicted octanol–water partition coefficient (Wildman–Crippen LogP) is 3.80. The number of aryl methyl sites for hydroxylation is 1. The molecule has 3 rings (SSSR count). The predicted molar refractivity (Wildman–Crippen MR) is 77.5 cm³/mol. The van der Waals surface area contributed by atoms with E-state index in [2.05, 4.69) is 0 Å². The van der Waals surface area contributed by atoms with Crippen LogP contribution < -0.4 is 10.5 Å². The number of benzene rings is 2. The molecule has 0 saturated carbocycles. The van der Waals surface area contributed by atoms with Crippen LogP contribution >= 0.6 is 0 Å². The van der Waals surface area contributed by atoms with Gasteiger partial charge in [0.1, 0.15) is 5.75 Å². The first-order valence-electron chi connectivity index (χ1n) is 7.01. The second-order valence-electron chi connectivity index (χ2n) is 5.36. The molecule has 0 aromatic heterocycles. The van der Waals surface area contributed by atoms with E-state index in [4.69, 9.17) is 10.5 Å². The minimum Gasteiger partial charge on any atom is -0.487 e. The summed E-state index contributed by atoms with van der Waals surface area (Å²) in [5.41, 5.74) is 8.12. The first-order chi connectivity index (χ1) is 10.1. The second kappa shape index (κ2) is 5.45. The van der Waals surface area contributed by atoms with Crippen molar-refractivity contribution in [2.45, 2.75) is 24.8 Å². The summed E-state index contributed by atoms with van der Waals surface area (Å²) in [6.45, 7) is -0.665. The van der Waals surface area contributed by atoms with Gasteiger partial charge in [0.25, 0.3) is 0 Å². The molecule has 0 saturated heterocycles. The minimum atomic E-state index is -3.00. The maximum atomic E-state index is 14.0. The Kier molecular flexibility index (Phi) is 3.64. The zero-order valence-electron chi connectivity index (χ0n) is 11.6. The number of fused-ring (bicyclic) bond motifs is 1. The Bertz CT molecular complexity index is 628. The largest absolute Gasteiger partial charge is 0.487 e. The lowest BCUT2D eigenvalue weighted by Gasteiger charge is -2.18. The van der Waals surface area contributed by atoms with Gasteiger partial charge in [0.05, 0.1) is 0 Å². The number of hydrogen-bond acceptors (Lipinski definition) is 2. The Morgan fingerprint density at radius 2 is 1.90 bits per heavy atom. The third-order valence-corrected chi connectivity index (χ3v) is 3.85. The SMILES string of the molecule is NC1CCc2cc(OCC(F)(F)c3ccccc3)ccc21. The fourth-order valence-corrected chi connectivity index (χ4v) is 2.66. The number of hydrogen-bond donors (Lipinski definition) is 1. The summed E-state index contributed by atoms with van der Waals surface area (Å²) in [4.78, 5) is 0. The second-order valence-corrected chi connectivity index (χ2v) is 5.36. The van der Waals surface area contributed by atoms with Crippen LogP contribution in [0.3, 0.4) is 0 Å². The molecule has 2 aromatic carbocycles. The molecule has 4 heteroatoms. The number of halogens is 2. The van der Waals surface area contributed by atoms with Gasteiger partial charge in [0.15, 0.2) is 6.61 Å². The van der Waals surface area contributed by atoms with Crippen molar-refractivity contribution in [2.24, 2.45) is 5.73 Å². The van der Waals surface area contributed by atoms with Crippen LogP contribution in [0.1, 0.15) is 29.2 Å². The highest BCUT2D eigenvalue weighted by Gasteiger charge is 2.32. The average Bonchev–Trinajstić information content (AvgIpc) is 2.87. The van der Waals surface area contributed by atoms with Gasteiger partial charge in [-0.2, -0.15) is 8.78 Å². The summed E-state index contributed by atoms with van der Waals surface area (Å²) in [6, 6.07) is 13.2. The number of rotatable bonds is 4. The fraction of sp³-hybridized carbons (Fsp3) is 0.294. The van der Waals surface area contributed by atoms with E-state index < -0.39 is 12.5 Å². The molecule has 2 aromatic rings. The molecular weight excluding hydrogens is 272 g/mol. The molecule has 0 aliphatic heterocycles. The molecule has 0 spiro atoms. The van der Waals surface area contributed by atoms with Crippen LogP contribution in [0.2, 0.25) is 0 Å². The van der Waals surface area contributed by atoms with Gasteiger partial charge in [0, 0.05) is 11.6 Å². The first kappa shape index (κ1) is 14.0. The highest BCUT2D eigenvalue weighted by molar-refractivity contribution is 5.40. The van der Waals surface area contributed by atoms with E-state index in [0.717, 1.165) is 24.0 Å². The monoisotopic (exact) mass is 289 g/mol. The van der Waals surface area contributed by atoms with Crippen LogP contribution in [-0.4, -0.2) is 6.61 Å². The van der Waals surface area contributed by atoms with Gasteiger partial charge < -0.3 is 10.5 Å². The maximum Gasteiger partial charge on any atom is 0.306 e. The summed E-state index contributed by atoms with van der Waals surface area (Å²) in [6.07, 6.45) is 1.78. The smallest absolute Gasteiger partial charge is 0.306 e. The van der Waals surface area contributed by atoms with Crippen LogP contribution in [-0.2, 0) is 12.3 Å². The van der Waals surface area contributed by atoms with E-state index in [0.29, 0.717) is 5.75 Å². The van der Waals surface area contributed by atoms with Gasteiger partial charge in [-0.3, -0.25) is 0 Å². The van der Waals surface area contributed by atoms with E-state index >= 15 is 0 Å². The van der Waals surface area contributed by atoms with Crippen LogP contribution in [0.25, 0.3) is 0 Å². The molecule has 110 valence electrons. The van der Waals surface area contributed by atoms with E-state index in [1.54, 1.807) is 24.3 Å². The summed E-state index contributed by atoms with van der Waals surface area (Å²) < 4.78 is 33.4. The zero-order valence-corrected chi connectivity index (χ0v) is 11.6. The third kappa shape index (κ3) is 2.90. The van der Waals surface area contributed by atoms with Gasteiger partial charge in [-0.1, -0.05) is 36.4 Å². The van der Waals surface area contributed by atoms with Crippen molar-refractivity contribution >= 4 is 0 Å². The van der Waals surface area contributed by atoms with Crippen molar-refractivity contribution in [2.75, 3.05) is 6.61 Å². The van der Waals surface area contributed by atoms with Crippen molar-refractivity contribution in [1.29, 1.82) is 0 Å². The molecule has 0 bridgehead atoms. The molecule has 1 aliphatic carbocycles. The molecule has 1 unspecified atom stereocenters. The Morgan fingerprint density at radius 1 is 1.14 bits per heavy atom. The first-order valence-corrected chi connectivity index (χ1v) is 7.01. The van der Waals surface area contributed by atoms with Gasteiger partial charge in [0.2, 0.25) is 0 Å². The molecule has 2 nitrogen and oxygen atoms in total. The van der Waals surface area contributed by atoms with Gasteiger partial charge in [-0.15, -0.1) is 0 Å². The molecule has 1 atom stereocenters. The Balaban J connectivity index is 1.71. The Morgan fingerprint density at radius 3 is 2.67 bits per heavy atom. The third-order valence-electron chi connectivity index (χ3n) is 3.85. The van der Waals surface area contributed by atoms with Crippen LogP contribution in [0.15, 0.2) is 48.5 Å². The molecule has 0 fully saturated rings. The van der Waals surface area contributed by atoms with Crippen LogP contribution in [0.4, 0.5) is 8.78 Å². The molecule has 0 heterocycles. The van der Waals surface area contributed by atoms with Gasteiger partial charge in [-0.05, 0) is 36.1 Å². The summed E-state index contributed by atoms with van der Waals surface area (Å²) >= 11 is 0. The number of ether oxygens (including phenoxy) is 1. The minimum absolute atomic E-state index is 0.0341. The van der Waals surface area contributed by atoms with Crippen molar-refractivity contribution in [1.82, 2.24) is 0 Å². The summed E-state index contributed by atoms with van der Waals surface area (Å²) in [5.74, 6) is -2.53. The van der Waals surface area contributed by atoms with E-state index in [-0.39, 0.29) is 11.6 Å². The fourth-order valence-electron chi connectivity index (χ4n) is 2.66. The molecule has 1 aliphatic rings. The standard InChI is InChI=1S/C17H17F2NO/c18-17(19,13-4-2-1-3-5-13)11-21-14-7-8-15-12(10-14)6-9-16(15)20/h1-5,7-8,10,16H,6,9,11,20H2. The van der Waals surface area contributed by atoms with Crippen LogP contribution in [0, 0.1) is 0 Å². The van der Waals surface area contributed by atoms with Gasteiger partial charge >= 0.3 is 5.92 Å². The quantitative estimate of drug-likeness (QED) is 0.929. The number of alkyl halides is 2. The Labute approximate surface area is 122 Å². The molecule has 21 heavy (non-hydrogen) atoms. The van der Waals surface area contributed by atoms with Crippen LogP contribution in [0.5, 0.6) is 5.75 Å². The molecule has 2 N–H and O–H groups in total. The zero-order chi connectivity index (χ0) is 14.9. The Hall–Kier alpha value is -1.94. The molecular formula is C17H17F2NO. The van der Waals surface area contributed by atoms with Crippen molar-refractivity contribution in [3.63, 3.8) is 0 Å². The highest BCUT2D eigenvalue weighted by Crippen LogP contribution is 2.33. The topological polar surface area (TPSA) is 35.2 Å². The molecule has 0 amide bonds. The lowest BCUT2D eigenvalue weighted by atomic mass is 10.1. The normalized spacial score (nSPS) is 17.6. The van der Waals surface area contributed by atoms with Crippen molar-refractivity contribution < 1.29 is 13.5 Å². The van der Waals surface area contributed by atoms with Gasteiger partial charge in [-0.25, -0.2) is 0 Å². The van der Waals surface area contributed by atoms with Crippen molar-refractivity contribution in [3.8, 4) is 5.75 Å². The van der Waals surface area contributed by atoms with E-state index in [9.17, 15) is 8.78 Å². The number of nitrogens with two attached hydrogens (primary N) is 1.